The van der Waals surface area contributed by atoms with Crippen LogP contribution in [0.5, 0.6) is 5.75 Å². The lowest BCUT2D eigenvalue weighted by Gasteiger charge is -2.28. The summed E-state index contributed by atoms with van der Waals surface area (Å²) in [5.74, 6) is -3.42. The van der Waals surface area contributed by atoms with Crippen LogP contribution in [-0.4, -0.2) is 29.3 Å². The minimum atomic E-state index is -1.45. The predicted octanol–water partition coefficient (Wildman–Crippen LogP) is 2.05. The maximum atomic E-state index is 11.1. The van der Waals surface area contributed by atoms with Crippen LogP contribution in [-0.2, 0) is 16.0 Å². The molecule has 0 unspecified atom stereocenters. The van der Waals surface area contributed by atoms with Crippen molar-refractivity contribution in [1.29, 1.82) is 0 Å². The van der Waals surface area contributed by atoms with Crippen LogP contribution in [0.4, 0.5) is 0 Å². The number of benzene rings is 1. The Bertz CT molecular complexity index is 464. The molecule has 0 atom stereocenters. The van der Waals surface area contributed by atoms with Gasteiger partial charge in [0.25, 0.3) is 0 Å². The van der Waals surface area contributed by atoms with Gasteiger partial charge >= 0.3 is 11.9 Å². The van der Waals surface area contributed by atoms with E-state index >= 15 is 0 Å². The molecule has 0 bridgehead atoms. The van der Waals surface area contributed by atoms with Crippen molar-refractivity contribution in [3.8, 4) is 5.75 Å². The number of hydrogen-bond acceptors (Lipinski definition) is 3. The summed E-state index contributed by atoms with van der Waals surface area (Å²) in [6, 6.07) is 7.18. The zero-order valence-electron chi connectivity index (χ0n) is 11.2. The molecule has 0 radical (unpaired) electrons. The number of carbonyl (C=O) groups is 2. The number of methoxy groups -OCH3 is 1. The molecule has 5 nitrogen and oxygen atoms in total. The summed E-state index contributed by atoms with van der Waals surface area (Å²) in [5.41, 5.74) is -0.0545. The molecule has 0 amide bonds. The summed E-state index contributed by atoms with van der Waals surface area (Å²) < 4.78 is 5.09. The maximum Gasteiger partial charge on any atom is 0.318 e. The molecule has 0 aliphatic rings. The van der Waals surface area contributed by atoms with Gasteiger partial charge in [-0.2, -0.15) is 0 Å². The zero-order valence-corrected chi connectivity index (χ0v) is 11.2. The molecule has 0 heterocycles. The van der Waals surface area contributed by atoms with Crippen molar-refractivity contribution >= 4 is 11.9 Å². The van der Waals surface area contributed by atoms with Crippen LogP contribution in [0.3, 0.4) is 0 Å². The molecule has 2 N–H and O–H groups in total. The first-order chi connectivity index (χ1) is 8.77. The Hall–Kier alpha value is -2.04. The fourth-order valence-corrected chi connectivity index (χ4v) is 2.18. The summed E-state index contributed by atoms with van der Waals surface area (Å²) in [5, 5.41) is 18.1. The SMILES string of the molecule is COc1cccc(CC(C)(C)C(C(=O)O)C(=O)O)c1. The average molecular weight is 266 g/mol. The van der Waals surface area contributed by atoms with Gasteiger partial charge in [-0.3, -0.25) is 9.59 Å². The van der Waals surface area contributed by atoms with E-state index in [0.29, 0.717) is 12.2 Å². The third-order valence-corrected chi connectivity index (χ3v) is 3.07. The van der Waals surface area contributed by atoms with Gasteiger partial charge < -0.3 is 14.9 Å². The minimum absolute atomic E-state index is 0.341. The van der Waals surface area contributed by atoms with Gasteiger partial charge in [0.15, 0.2) is 5.92 Å². The highest BCUT2D eigenvalue weighted by Crippen LogP contribution is 2.32. The lowest BCUT2D eigenvalue weighted by Crippen LogP contribution is -2.38. The van der Waals surface area contributed by atoms with E-state index in [1.807, 2.05) is 6.07 Å². The Morgan fingerprint density at radius 2 is 1.84 bits per heavy atom. The third kappa shape index (κ3) is 3.71. The van der Waals surface area contributed by atoms with Crippen LogP contribution in [0.1, 0.15) is 19.4 Å². The Morgan fingerprint density at radius 1 is 1.26 bits per heavy atom. The van der Waals surface area contributed by atoms with Crippen LogP contribution in [0.2, 0.25) is 0 Å². The van der Waals surface area contributed by atoms with Crippen molar-refractivity contribution in [2.45, 2.75) is 20.3 Å². The number of carboxylic acids is 2. The molecule has 19 heavy (non-hydrogen) atoms. The number of aliphatic carboxylic acids is 2. The van der Waals surface area contributed by atoms with E-state index < -0.39 is 23.3 Å². The highest BCUT2D eigenvalue weighted by Gasteiger charge is 2.41. The first-order valence-corrected chi connectivity index (χ1v) is 5.86. The van der Waals surface area contributed by atoms with Gasteiger partial charge in [0.05, 0.1) is 7.11 Å². The molecule has 0 saturated heterocycles. The zero-order chi connectivity index (χ0) is 14.6. The fourth-order valence-electron chi connectivity index (χ4n) is 2.18. The second kappa shape index (κ2) is 5.73. The lowest BCUT2D eigenvalue weighted by molar-refractivity contribution is -0.160. The summed E-state index contributed by atoms with van der Waals surface area (Å²) in [6.07, 6.45) is 0.341. The molecule has 0 aromatic heterocycles. The van der Waals surface area contributed by atoms with Crippen molar-refractivity contribution in [3.05, 3.63) is 29.8 Å². The second-order valence-corrected chi connectivity index (χ2v) is 5.13. The van der Waals surface area contributed by atoms with Crippen LogP contribution in [0, 0.1) is 11.3 Å². The monoisotopic (exact) mass is 266 g/mol. The molecule has 1 aromatic carbocycles. The topological polar surface area (TPSA) is 83.8 Å². The predicted molar refractivity (Wildman–Crippen MR) is 69.2 cm³/mol. The van der Waals surface area contributed by atoms with Crippen LogP contribution < -0.4 is 4.74 Å². The van der Waals surface area contributed by atoms with E-state index in [1.165, 1.54) is 0 Å². The number of ether oxygens (including phenoxy) is 1. The van der Waals surface area contributed by atoms with Crippen molar-refractivity contribution < 1.29 is 24.5 Å². The van der Waals surface area contributed by atoms with Gasteiger partial charge in [0, 0.05) is 0 Å². The van der Waals surface area contributed by atoms with Crippen LogP contribution >= 0.6 is 0 Å². The molecule has 104 valence electrons. The van der Waals surface area contributed by atoms with Gasteiger partial charge in [0.1, 0.15) is 5.75 Å². The molecule has 0 aliphatic heterocycles. The molecular formula is C14H18O5. The molecule has 1 rings (SSSR count). The van der Waals surface area contributed by atoms with Crippen LogP contribution in [0.15, 0.2) is 24.3 Å². The number of hydrogen-bond donors (Lipinski definition) is 2. The smallest absolute Gasteiger partial charge is 0.318 e. The standard InChI is InChI=1S/C14H18O5/c1-14(2,11(12(15)16)13(17)18)8-9-5-4-6-10(7-9)19-3/h4-7,11H,8H2,1-3H3,(H,15,16)(H,17,18). The summed E-state index contributed by atoms with van der Waals surface area (Å²) in [6.45, 7) is 3.28. The fraction of sp³-hybridized carbons (Fsp3) is 0.429. The van der Waals surface area contributed by atoms with Crippen LogP contribution in [0.25, 0.3) is 0 Å². The van der Waals surface area contributed by atoms with E-state index in [9.17, 15) is 9.59 Å². The molecule has 0 spiro atoms. The van der Waals surface area contributed by atoms with Crippen molar-refractivity contribution in [2.24, 2.45) is 11.3 Å². The third-order valence-electron chi connectivity index (χ3n) is 3.07. The summed E-state index contributed by atoms with van der Waals surface area (Å²) in [7, 11) is 1.54. The van der Waals surface area contributed by atoms with Gasteiger partial charge in [0.2, 0.25) is 0 Å². The number of carboxylic acid groups (broad SMARTS) is 2. The number of rotatable bonds is 6. The second-order valence-electron chi connectivity index (χ2n) is 5.13. The molecule has 0 saturated carbocycles. The quantitative estimate of drug-likeness (QED) is 0.770. The maximum absolute atomic E-state index is 11.1. The Balaban J connectivity index is 2.99. The van der Waals surface area contributed by atoms with Crippen molar-refractivity contribution in [3.63, 3.8) is 0 Å². The van der Waals surface area contributed by atoms with Crippen molar-refractivity contribution in [2.75, 3.05) is 7.11 Å². The van der Waals surface area contributed by atoms with Gasteiger partial charge in [-0.15, -0.1) is 0 Å². The van der Waals surface area contributed by atoms with E-state index in [4.69, 9.17) is 14.9 Å². The Labute approximate surface area is 111 Å². The molecule has 0 aliphatic carbocycles. The van der Waals surface area contributed by atoms with E-state index in [0.717, 1.165) is 5.56 Å². The average Bonchev–Trinajstić information content (AvgIpc) is 2.26. The minimum Gasteiger partial charge on any atom is -0.497 e. The Morgan fingerprint density at radius 3 is 2.32 bits per heavy atom. The summed E-state index contributed by atoms with van der Waals surface area (Å²) in [4.78, 5) is 22.2. The normalized spacial score (nSPS) is 11.4. The molecule has 5 heteroatoms. The lowest BCUT2D eigenvalue weighted by atomic mass is 9.74. The van der Waals surface area contributed by atoms with Gasteiger partial charge in [-0.25, -0.2) is 0 Å². The summed E-state index contributed by atoms with van der Waals surface area (Å²) >= 11 is 0. The molecule has 0 fully saturated rings. The largest absolute Gasteiger partial charge is 0.497 e. The first kappa shape index (κ1) is 15.0. The highest BCUT2D eigenvalue weighted by molar-refractivity contribution is 5.93. The van der Waals surface area contributed by atoms with E-state index in [2.05, 4.69) is 0 Å². The highest BCUT2D eigenvalue weighted by atomic mass is 16.5. The molecular weight excluding hydrogens is 248 g/mol. The van der Waals surface area contributed by atoms with E-state index in [1.54, 1.807) is 39.2 Å². The first-order valence-electron chi connectivity index (χ1n) is 5.86. The van der Waals surface area contributed by atoms with E-state index in [-0.39, 0.29) is 0 Å². The van der Waals surface area contributed by atoms with Gasteiger partial charge in [-0.05, 0) is 29.5 Å². The molecule has 1 aromatic rings. The van der Waals surface area contributed by atoms with Gasteiger partial charge in [-0.1, -0.05) is 26.0 Å². The van der Waals surface area contributed by atoms with Crippen molar-refractivity contribution in [1.82, 2.24) is 0 Å². The Kier molecular flexibility index (Phi) is 4.53.